The second-order valence-corrected chi connectivity index (χ2v) is 6.20. The summed E-state index contributed by atoms with van der Waals surface area (Å²) in [5.41, 5.74) is 5.29. The summed E-state index contributed by atoms with van der Waals surface area (Å²) in [5.74, 6) is 0.651. The minimum absolute atomic E-state index is 0.651. The molecular weight excluding hydrogens is 310 g/mol. The van der Waals surface area contributed by atoms with Crippen molar-refractivity contribution in [1.29, 1.82) is 0 Å². The highest BCUT2D eigenvalue weighted by molar-refractivity contribution is 5.66. The van der Waals surface area contributed by atoms with Crippen LogP contribution in [0, 0.1) is 0 Å². The van der Waals surface area contributed by atoms with E-state index in [1.165, 1.54) is 11.4 Å². The third-order valence-electron chi connectivity index (χ3n) is 4.43. The van der Waals surface area contributed by atoms with Crippen molar-refractivity contribution >= 4 is 11.4 Å². The highest BCUT2D eigenvalue weighted by Gasteiger charge is 2.10. The fraction of sp³-hybridized carbons (Fsp3) is 0.286. The Balaban J connectivity index is 1.81. The highest BCUT2D eigenvalue weighted by Crippen LogP contribution is 2.27. The molecule has 0 aliphatic carbocycles. The van der Waals surface area contributed by atoms with E-state index in [1.54, 1.807) is 6.26 Å². The number of oxazole rings is 1. The fourth-order valence-corrected chi connectivity index (χ4v) is 2.87. The average molecular weight is 335 g/mol. The van der Waals surface area contributed by atoms with Gasteiger partial charge in [-0.2, -0.15) is 0 Å². The predicted molar refractivity (Wildman–Crippen MR) is 105 cm³/mol. The number of hydrogen-bond donors (Lipinski definition) is 0. The summed E-state index contributed by atoms with van der Waals surface area (Å²) in [4.78, 5) is 9.04. The molecule has 4 heteroatoms. The number of anilines is 2. The number of nitrogens with zero attached hydrogens (tertiary/aromatic N) is 3. The normalized spacial score (nSPS) is 10.7. The molecular formula is C21H25N3O. The molecule has 0 saturated carbocycles. The van der Waals surface area contributed by atoms with Crippen LogP contribution in [0.2, 0.25) is 0 Å². The van der Waals surface area contributed by atoms with Crippen LogP contribution in [0.15, 0.2) is 59.2 Å². The van der Waals surface area contributed by atoms with Crippen molar-refractivity contribution in [3.05, 3.63) is 54.8 Å². The number of hydrogen-bond acceptors (Lipinski definition) is 4. The number of benzene rings is 2. The molecule has 1 heterocycles. The standard InChI is InChI=1S/C21H25N3O/c1-5-24(6-2)19-13-9-17(10-14-19)21-22-20(15-25-21)16-7-11-18(12-8-16)23(3)4/h7-15H,5-6H2,1-4H3. The van der Waals surface area contributed by atoms with Gasteiger partial charge in [-0.1, -0.05) is 12.1 Å². The van der Waals surface area contributed by atoms with Crippen LogP contribution in [0.5, 0.6) is 0 Å². The molecule has 0 bridgehead atoms. The molecule has 2 aromatic carbocycles. The van der Waals surface area contributed by atoms with Crippen LogP contribution in [0.1, 0.15) is 13.8 Å². The van der Waals surface area contributed by atoms with E-state index in [2.05, 4.69) is 77.2 Å². The molecule has 0 radical (unpaired) electrons. The first-order valence-corrected chi connectivity index (χ1v) is 8.71. The maximum atomic E-state index is 5.70. The zero-order valence-corrected chi connectivity index (χ0v) is 15.4. The zero-order valence-electron chi connectivity index (χ0n) is 15.4. The van der Waals surface area contributed by atoms with E-state index in [0.29, 0.717) is 5.89 Å². The van der Waals surface area contributed by atoms with Crippen molar-refractivity contribution in [2.45, 2.75) is 13.8 Å². The summed E-state index contributed by atoms with van der Waals surface area (Å²) < 4.78 is 5.70. The molecule has 0 unspecified atom stereocenters. The van der Waals surface area contributed by atoms with Crippen LogP contribution >= 0.6 is 0 Å². The largest absolute Gasteiger partial charge is 0.444 e. The molecule has 0 saturated heterocycles. The molecule has 0 aliphatic heterocycles. The number of rotatable bonds is 6. The summed E-state index contributed by atoms with van der Waals surface area (Å²) in [7, 11) is 4.07. The lowest BCUT2D eigenvalue weighted by atomic mass is 10.1. The van der Waals surface area contributed by atoms with Gasteiger partial charge in [0.25, 0.3) is 0 Å². The maximum Gasteiger partial charge on any atom is 0.226 e. The van der Waals surface area contributed by atoms with Crippen molar-refractivity contribution in [2.75, 3.05) is 37.0 Å². The molecule has 4 nitrogen and oxygen atoms in total. The highest BCUT2D eigenvalue weighted by atomic mass is 16.3. The average Bonchev–Trinajstić information content (AvgIpc) is 3.13. The lowest BCUT2D eigenvalue weighted by Gasteiger charge is -2.20. The molecule has 0 fully saturated rings. The van der Waals surface area contributed by atoms with Crippen LogP contribution < -0.4 is 9.80 Å². The first-order chi connectivity index (χ1) is 12.1. The second kappa shape index (κ2) is 7.43. The number of aromatic nitrogens is 1. The second-order valence-electron chi connectivity index (χ2n) is 6.20. The van der Waals surface area contributed by atoms with E-state index in [-0.39, 0.29) is 0 Å². The van der Waals surface area contributed by atoms with Crippen LogP contribution in [0.4, 0.5) is 11.4 Å². The molecule has 0 atom stereocenters. The van der Waals surface area contributed by atoms with Crippen LogP contribution in [0.3, 0.4) is 0 Å². The van der Waals surface area contributed by atoms with E-state index in [1.807, 2.05) is 14.1 Å². The van der Waals surface area contributed by atoms with Crippen LogP contribution in [-0.2, 0) is 0 Å². The van der Waals surface area contributed by atoms with Gasteiger partial charge in [-0.25, -0.2) is 4.98 Å². The van der Waals surface area contributed by atoms with E-state index in [0.717, 1.165) is 29.9 Å². The van der Waals surface area contributed by atoms with E-state index in [4.69, 9.17) is 4.42 Å². The Morgan fingerprint density at radius 1 is 0.800 bits per heavy atom. The van der Waals surface area contributed by atoms with Gasteiger partial charge in [0.2, 0.25) is 5.89 Å². The Hall–Kier alpha value is -2.75. The summed E-state index contributed by atoms with van der Waals surface area (Å²) in [6.45, 7) is 6.34. The molecule has 0 spiro atoms. The minimum Gasteiger partial charge on any atom is -0.444 e. The summed E-state index contributed by atoms with van der Waals surface area (Å²) in [6.07, 6.45) is 1.72. The molecule has 25 heavy (non-hydrogen) atoms. The Morgan fingerprint density at radius 3 is 1.92 bits per heavy atom. The van der Waals surface area contributed by atoms with Gasteiger partial charge in [0.1, 0.15) is 12.0 Å². The molecule has 0 N–H and O–H groups in total. The quantitative estimate of drug-likeness (QED) is 0.640. The van der Waals surface area contributed by atoms with Crippen molar-refractivity contribution in [3.63, 3.8) is 0 Å². The summed E-state index contributed by atoms with van der Waals surface area (Å²) >= 11 is 0. The van der Waals surface area contributed by atoms with Gasteiger partial charge < -0.3 is 14.2 Å². The van der Waals surface area contributed by atoms with Gasteiger partial charge in [0.05, 0.1) is 0 Å². The Bertz CT molecular complexity index is 800. The SMILES string of the molecule is CCN(CC)c1ccc(-c2nc(-c3ccc(N(C)C)cc3)co2)cc1. The lowest BCUT2D eigenvalue weighted by molar-refractivity contribution is 0.575. The Labute approximate surface area is 149 Å². The fourth-order valence-electron chi connectivity index (χ4n) is 2.87. The smallest absolute Gasteiger partial charge is 0.226 e. The summed E-state index contributed by atoms with van der Waals surface area (Å²) in [5, 5.41) is 0. The molecule has 130 valence electrons. The van der Waals surface area contributed by atoms with E-state index < -0.39 is 0 Å². The van der Waals surface area contributed by atoms with Crippen LogP contribution in [-0.4, -0.2) is 32.2 Å². The molecule has 1 aromatic heterocycles. The topological polar surface area (TPSA) is 32.5 Å². The van der Waals surface area contributed by atoms with Crippen molar-refractivity contribution in [2.24, 2.45) is 0 Å². The van der Waals surface area contributed by atoms with Crippen molar-refractivity contribution in [1.82, 2.24) is 4.98 Å². The van der Waals surface area contributed by atoms with Gasteiger partial charge in [-0.15, -0.1) is 0 Å². The van der Waals surface area contributed by atoms with E-state index >= 15 is 0 Å². The molecule has 0 amide bonds. The zero-order chi connectivity index (χ0) is 17.8. The van der Waals surface area contributed by atoms with Gasteiger partial charge in [0, 0.05) is 49.7 Å². The van der Waals surface area contributed by atoms with Crippen LogP contribution in [0.25, 0.3) is 22.7 Å². The third-order valence-corrected chi connectivity index (χ3v) is 4.43. The van der Waals surface area contributed by atoms with Crippen molar-refractivity contribution in [3.8, 4) is 22.7 Å². The molecule has 3 aromatic rings. The molecule has 3 rings (SSSR count). The molecule has 0 aliphatic rings. The van der Waals surface area contributed by atoms with Gasteiger partial charge >= 0.3 is 0 Å². The Kier molecular flexibility index (Phi) is 5.08. The maximum absolute atomic E-state index is 5.70. The lowest BCUT2D eigenvalue weighted by Crippen LogP contribution is -2.21. The first kappa shape index (κ1) is 17.1. The van der Waals surface area contributed by atoms with E-state index in [9.17, 15) is 0 Å². The minimum atomic E-state index is 0.651. The Morgan fingerprint density at radius 2 is 1.36 bits per heavy atom. The monoisotopic (exact) mass is 335 g/mol. The van der Waals surface area contributed by atoms with Gasteiger partial charge in [-0.05, 0) is 50.2 Å². The summed E-state index contributed by atoms with van der Waals surface area (Å²) in [6, 6.07) is 16.7. The predicted octanol–water partition coefficient (Wildman–Crippen LogP) is 4.92. The van der Waals surface area contributed by atoms with Gasteiger partial charge in [0.15, 0.2) is 0 Å². The van der Waals surface area contributed by atoms with Gasteiger partial charge in [-0.3, -0.25) is 0 Å². The van der Waals surface area contributed by atoms with Crippen molar-refractivity contribution < 1.29 is 4.42 Å². The first-order valence-electron chi connectivity index (χ1n) is 8.71. The third kappa shape index (κ3) is 3.68.